The van der Waals surface area contributed by atoms with Gasteiger partial charge in [-0.05, 0) is 30.2 Å². The quantitative estimate of drug-likeness (QED) is 0.745. The van der Waals surface area contributed by atoms with Crippen LogP contribution in [-0.4, -0.2) is 34.2 Å². The first-order valence-electron chi connectivity index (χ1n) is 6.14. The summed E-state index contributed by atoms with van der Waals surface area (Å²) in [5.74, 6) is 0.201. The Hall–Kier alpha value is -0.630. The van der Waals surface area contributed by atoms with E-state index in [9.17, 15) is 16.8 Å². The molecule has 0 aromatic heterocycles. The maximum absolute atomic E-state index is 12.4. The number of nitrogens with zero attached hydrogens (tertiary/aromatic N) is 1. The van der Waals surface area contributed by atoms with Crippen molar-refractivity contribution in [2.45, 2.75) is 30.6 Å². The normalized spacial score (nSPS) is 13.1. The average Bonchev–Trinajstić information content (AvgIpc) is 2.34. The third-order valence-corrected chi connectivity index (χ3v) is 5.99. The van der Waals surface area contributed by atoms with Gasteiger partial charge in [0.25, 0.3) is 9.05 Å². The van der Waals surface area contributed by atoms with Crippen molar-refractivity contribution in [1.82, 2.24) is 4.31 Å². The van der Waals surface area contributed by atoms with Gasteiger partial charge in [0.1, 0.15) is 0 Å². The van der Waals surface area contributed by atoms with Crippen molar-refractivity contribution in [3.8, 4) is 0 Å². The fourth-order valence-corrected chi connectivity index (χ4v) is 4.11. The summed E-state index contributed by atoms with van der Waals surface area (Å²) in [5.41, 5.74) is 0. The Kier molecular flexibility index (Phi) is 5.60. The van der Waals surface area contributed by atoms with Gasteiger partial charge in [-0.15, -0.1) is 0 Å². The maximum atomic E-state index is 12.4. The first kappa shape index (κ1) is 17.4. The SMILES string of the molecule is CCN(CC(C)C)S(=O)(=O)c1ccc(S(=O)(=O)Cl)cc1. The van der Waals surface area contributed by atoms with Gasteiger partial charge in [0.05, 0.1) is 9.79 Å². The Balaban J connectivity index is 3.16. The van der Waals surface area contributed by atoms with Crippen LogP contribution < -0.4 is 0 Å². The summed E-state index contributed by atoms with van der Waals surface area (Å²) in [6.45, 7) is 6.39. The Labute approximate surface area is 125 Å². The van der Waals surface area contributed by atoms with Gasteiger partial charge in [0, 0.05) is 23.8 Å². The van der Waals surface area contributed by atoms with Gasteiger partial charge in [-0.2, -0.15) is 4.31 Å². The zero-order valence-electron chi connectivity index (χ0n) is 11.6. The van der Waals surface area contributed by atoms with Crippen molar-refractivity contribution in [3.63, 3.8) is 0 Å². The van der Waals surface area contributed by atoms with Crippen LogP contribution in [0.3, 0.4) is 0 Å². The largest absolute Gasteiger partial charge is 0.261 e. The van der Waals surface area contributed by atoms with Crippen LogP contribution in [0.1, 0.15) is 20.8 Å². The fourth-order valence-electron chi connectivity index (χ4n) is 1.73. The molecular formula is C12H18ClNO4S2. The standard InChI is InChI=1S/C12H18ClNO4S2/c1-4-14(9-10(2)3)20(17,18)12-7-5-11(6-8-12)19(13,15)16/h5-8,10H,4,9H2,1-3H3. The van der Waals surface area contributed by atoms with Crippen LogP contribution in [0.5, 0.6) is 0 Å². The monoisotopic (exact) mass is 339 g/mol. The summed E-state index contributed by atoms with van der Waals surface area (Å²) >= 11 is 0. The van der Waals surface area contributed by atoms with E-state index in [1.54, 1.807) is 6.92 Å². The van der Waals surface area contributed by atoms with Crippen LogP contribution in [0.25, 0.3) is 0 Å². The highest BCUT2D eigenvalue weighted by Gasteiger charge is 2.24. The molecule has 0 aliphatic rings. The number of hydrogen-bond donors (Lipinski definition) is 0. The molecule has 0 unspecified atom stereocenters. The van der Waals surface area contributed by atoms with E-state index in [1.807, 2.05) is 13.8 Å². The number of rotatable bonds is 6. The summed E-state index contributed by atoms with van der Waals surface area (Å²) in [6, 6.07) is 4.90. The second-order valence-electron chi connectivity index (χ2n) is 4.76. The van der Waals surface area contributed by atoms with Crippen LogP contribution in [-0.2, 0) is 19.1 Å². The van der Waals surface area contributed by atoms with Gasteiger partial charge < -0.3 is 0 Å². The molecule has 0 fully saturated rings. The van der Waals surface area contributed by atoms with E-state index in [4.69, 9.17) is 10.7 Å². The molecule has 0 saturated heterocycles. The number of halogens is 1. The van der Waals surface area contributed by atoms with E-state index in [0.717, 1.165) is 0 Å². The average molecular weight is 340 g/mol. The molecule has 0 aliphatic carbocycles. The molecule has 0 atom stereocenters. The zero-order chi connectivity index (χ0) is 15.6. The molecule has 8 heteroatoms. The Morgan fingerprint density at radius 1 is 1.05 bits per heavy atom. The molecule has 0 amide bonds. The van der Waals surface area contributed by atoms with E-state index < -0.39 is 19.1 Å². The Morgan fingerprint density at radius 3 is 1.85 bits per heavy atom. The molecule has 5 nitrogen and oxygen atoms in total. The molecule has 114 valence electrons. The molecule has 1 rings (SSSR count). The molecule has 0 aliphatic heterocycles. The molecule has 20 heavy (non-hydrogen) atoms. The van der Waals surface area contributed by atoms with Gasteiger partial charge in [0.2, 0.25) is 10.0 Å². The molecule has 0 bridgehead atoms. The topological polar surface area (TPSA) is 71.5 Å². The lowest BCUT2D eigenvalue weighted by molar-refractivity contribution is 0.381. The van der Waals surface area contributed by atoms with Gasteiger partial charge in [0.15, 0.2) is 0 Å². The summed E-state index contributed by atoms with van der Waals surface area (Å²) < 4.78 is 48.4. The van der Waals surface area contributed by atoms with E-state index in [0.29, 0.717) is 13.1 Å². The third-order valence-electron chi connectivity index (χ3n) is 2.66. The molecule has 0 radical (unpaired) electrons. The summed E-state index contributed by atoms with van der Waals surface area (Å²) in [6.07, 6.45) is 0. The third kappa shape index (κ3) is 4.18. The highest BCUT2D eigenvalue weighted by Crippen LogP contribution is 2.21. The summed E-state index contributed by atoms with van der Waals surface area (Å²) in [5, 5.41) is 0. The van der Waals surface area contributed by atoms with E-state index in [-0.39, 0.29) is 15.7 Å². The molecule has 1 aromatic rings. The van der Waals surface area contributed by atoms with Gasteiger partial charge in [-0.25, -0.2) is 16.8 Å². The number of hydrogen-bond acceptors (Lipinski definition) is 4. The lowest BCUT2D eigenvalue weighted by Gasteiger charge is -2.22. The number of benzene rings is 1. The van der Waals surface area contributed by atoms with Crippen LogP contribution >= 0.6 is 10.7 Å². The van der Waals surface area contributed by atoms with Gasteiger partial charge in [-0.3, -0.25) is 0 Å². The van der Waals surface area contributed by atoms with Crippen LogP contribution in [0.4, 0.5) is 0 Å². The smallest absolute Gasteiger partial charge is 0.207 e. The van der Waals surface area contributed by atoms with Crippen molar-refractivity contribution < 1.29 is 16.8 Å². The molecule has 0 N–H and O–H groups in total. The predicted octanol–water partition coefficient (Wildman–Crippen LogP) is 2.28. The second kappa shape index (κ2) is 6.43. The van der Waals surface area contributed by atoms with Crippen molar-refractivity contribution in [2.75, 3.05) is 13.1 Å². The lowest BCUT2D eigenvalue weighted by Crippen LogP contribution is -2.34. The first-order chi connectivity index (χ1) is 9.09. The van der Waals surface area contributed by atoms with Crippen molar-refractivity contribution in [1.29, 1.82) is 0 Å². The molecular weight excluding hydrogens is 322 g/mol. The minimum atomic E-state index is -3.85. The number of sulfonamides is 1. The minimum Gasteiger partial charge on any atom is -0.207 e. The van der Waals surface area contributed by atoms with E-state index in [2.05, 4.69) is 0 Å². The first-order valence-corrected chi connectivity index (χ1v) is 9.89. The lowest BCUT2D eigenvalue weighted by atomic mass is 10.2. The van der Waals surface area contributed by atoms with Gasteiger partial charge in [-0.1, -0.05) is 20.8 Å². The molecule has 1 aromatic carbocycles. The van der Waals surface area contributed by atoms with E-state index in [1.165, 1.54) is 28.6 Å². The highest BCUT2D eigenvalue weighted by molar-refractivity contribution is 8.13. The highest BCUT2D eigenvalue weighted by atomic mass is 35.7. The minimum absolute atomic E-state index is 0.0593. The maximum Gasteiger partial charge on any atom is 0.261 e. The van der Waals surface area contributed by atoms with Crippen molar-refractivity contribution >= 4 is 29.8 Å². The fraction of sp³-hybridized carbons (Fsp3) is 0.500. The summed E-state index contributed by atoms with van der Waals surface area (Å²) in [7, 11) is -2.26. The Morgan fingerprint density at radius 2 is 1.50 bits per heavy atom. The van der Waals surface area contributed by atoms with Crippen LogP contribution in [0, 0.1) is 5.92 Å². The van der Waals surface area contributed by atoms with Crippen molar-refractivity contribution in [2.24, 2.45) is 5.92 Å². The van der Waals surface area contributed by atoms with Crippen LogP contribution in [0.2, 0.25) is 0 Å². The molecule has 0 heterocycles. The molecule has 0 saturated carbocycles. The Bertz CT molecular complexity index is 651. The zero-order valence-corrected chi connectivity index (χ0v) is 14.0. The van der Waals surface area contributed by atoms with Crippen LogP contribution in [0.15, 0.2) is 34.1 Å². The second-order valence-corrected chi connectivity index (χ2v) is 9.26. The predicted molar refractivity (Wildman–Crippen MR) is 78.8 cm³/mol. The van der Waals surface area contributed by atoms with E-state index >= 15 is 0 Å². The summed E-state index contributed by atoms with van der Waals surface area (Å²) in [4.78, 5) is -0.0610. The van der Waals surface area contributed by atoms with Crippen molar-refractivity contribution in [3.05, 3.63) is 24.3 Å². The van der Waals surface area contributed by atoms with Gasteiger partial charge >= 0.3 is 0 Å². The molecule has 0 spiro atoms.